The Bertz CT molecular complexity index is 540. The van der Waals surface area contributed by atoms with Crippen LogP contribution in [0.2, 0.25) is 0 Å². The second kappa shape index (κ2) is 14.6. The van der Waals surface area contributed by atoms with Crippen molar-refractivity contribution in [2.24, 2.45) is 17.8 Å². The lowest BCUT2D eigenvalue weighted by atomic mass is 9.81. The molecular formula is C20H32O8. The normalized spacial score (nSPS) is 14.5. The molecule has 0 aromatic rings. The van der Waals surface area contributed by atoms with Gasteiger partial charge in [0.25, 0.3) is 0 Å². The quantitative estimate of drug-likeness (QED) is 0.213. The topological polar surface area (TPSA) is 149 Å². The van der Waals surface area contributed by atoms with E-state index in [1.54, 1.807) is 12.2 Å². The molecule has 0 saturated heterocycles. The van der Waals surface area contributed by atoms with Crippen LogP contribution in [0.5, 0.6) is 0 Å². The molecule has 0 rings (SSSR count). The first kappa shape index (κ1) is 25.6. The summed E-state index contributed by atoms with van der Waals surface area (Å²) in [5.41, 5.74) is 0. The fraction of sp³-hybridized carbons (Fsp3) is 0.700. The lowest BCUT2D eigenvalue weighted by Gasteiger charge is -2.22. The molecule has 160 valence electrons. The molecule has 0 radical (unpaired) electrons. The summed E-state index contributed by atoms with van der Waals surface area (Å²) in [6.07, 6.45) is 9.00. The first-order valence-corrected chi connectivity index (χ1v) is 9.74. The van der Waals surface area contributed by atoms with Gasteiger partial charge in [-0.15, -0.1) is 0 Å². The third-order valence-corrected chi connectivity index (χ3v) is 4.66. The van der Waals surface area contributed by atoms with Gasteiger partial charge in [0, 0.05) is 0 Å². The standard InChI is InChI=1S/C20H32O8/c1-2-3-4-5-6-7-8-9-10-14(16(20(27)28)13-18(23)24)11-15(19(25)26)12-17(21)22/h9-10,14-16H,2-8,11-13H2,1H3,(H,21,22)(H,23,24)(H,25,26)(H,27,28). The molecular weight excluding hydrogens is 368 g/mol. The maximum atomic E-state index is 11.5. The van der Waals surface area contributed by atoms with Crippen molar-refractivity contribution in [2.75, 3.05) is 0 Å². The minimum absolute atomic E-state index is 0.237. The maximum Gasteiger partial charge on any atom is 0.307 e. The number of carboxylic acid groups (broad SMARTS) is 4. The van der Waals surface area contributed by atoms with Crippen LogP contribution in [-0.4, -0.2) is 44.3 Å². The summed E-state index contributed by atoms with van der Waals surface area (Å²) in [5.74, 6) is -8.73. The minimum Gasteiger partial charge on any atom is -0.481 e. The van der Waals surface area contributed by atoms with Gasteiger partial charge in [-0.2, -0.15) is 0 Å². The number of rotatable bonds is 17. The van der Waals surface area contributed by atoms with Crippen molar-refractivity contribution in [2.45, 2.75) is 71.1 Å². The Morgan fingerprint density at radius 1 is 0.786 bits per heavy atom. The van der Waals surface area contributed by atoms with E-state index < -0.39 is 54.5 Å². The Kier molecular flexibility index (Phi) is 13.4. The van der Waals surface area contributed by atoms with Gasteiger partial charge in [0.2, 0.25) is 0 Å². The van der Waals surface area contributed by atoms with Gasteiger partial charge in [-0.1, -0.05) is 51.2 Å². The third kappa shape index (κ3) is 12.1. The van der Waals surface area contributed by atoms with E-state index in [9.17, 15) is 29.4 Å². The zero-order valence-electron chi connectivity index (χ0n) is 16.4. The summed E-state index contributed by atoms with van der Waals surface area (Å²) < 4.78 is 0. The highest BCUT2D eigenvalue weighted by molar-refractivity contribution is 5.79. The maximum absolute atomic E-state index is 11.5. The number of carbonyl (C=O) groups is 4. The third-order valence-electron chi connectivity index (χ3n) is 4.66. The van der Waals surface area contributed by atoms with E-state index in [2.05, 4.69) is 6.92 Å². The Balaban J connectivity index is 5.07. The highest BCUT2D eigenvalue weighted by atomic mass is 16.4. The Morgan fingerprint density at radius 3 is 1.86 bits per heavy atom. The van der Waals surface area contributed by atoms with E-state index in [-0.39, 0.29) is 6.42 Å². The molecule has 0 fully saturated rings. The van der Waals surface area contributed by atoms with E-state index in [4.69, 9.17) is 10.2 Å². The van der Waals surface area contributed by atoms with Crippen molar-refractivity contribution in [3.05, 3.63) is 12.2 Å². The molecule has 3 unspecified atom stereocenters. The number of hydrogen-bond donors (Lipinski definition) is 4. The molecule has 0 amide bonds. The molecule has 0 saturated carbocycles. The zero-order chi connectivity index (χ0) is 21.5. The lowest BCUT2D eigenvalue weighted by molar-refractivity contribution is -0.152. The first-order chi connectivity index (χ1) is 13.2. The molecule has 0 aliphatic rings. The smallest absolute Gasteiger partial charge is 0.307 e. The van der Waals surface area contributed by atoms with Crippen molar-refractivity contribution >= 4 is 23.9 Å². The van der Waals surface area contributed by atoms with Crippen molar-refractivity contribution in [1.29, 1.82) is 0 Å². The highest BCUT2D eigenvalue weighted by Crippen LogP contribution is 2.28. The predicted molar refractivity (Wildman–Crippen MR) is 102 cm³/mol. The predicted octanol–water partition coefficient (Wildman–Crippen LogP) is 3.65. The van der Waals surface area contributed by atoms with Crippen LogP contribution in [0.15, 0.2) is 12.2 Å². The summed E-state index contributed by atoms with van der Waals surface area (Å²) in [6.45, 7) is 2.13. The number of hydrogen-bond acceptors (Lipinski definition) is 4. The molecule has 28 heavy (non-hydrogen) atoms. The summed E-state index contributed by atoms with van der Waals surface area (Å²) in [4.78, 5) is 44.8. The van der Waals surface area contributed by atoms with Gasteiger partial charge in [-0.05, 0) is 25.2 Å². The molecule has 0 aliphatic carbocycles. The van der Waals surface area contributed by atoms with Crippen LogP contribution >= 0.6 is 0 Å². The van der Waals surface area contributed by atoms with Crippen LogP contribution in [-0.2, 0) is 19.2 Å². The average Bonchev–Trinajstić information content (AvgIpc) is 2.59. The summed E-state index contributed by atoms with van der Waals surface area (Å²) in [7, 11) is 0. The monoisotopic (exact) mass is 400 g/mol. The average molecular weight is 400 g/mol. The number of unbranched alkanes of at least 4 members (excludes halogenated alkanes) is 6. The van der Waals surface area contributed by atoms with Crippen molar-refractivity contribution < 1.29 is 39.6 Å². The first-order valence-electron chi connectivity index (χ1n) is 9.74. The van der Waals surface area contributed by atoms with E-state index in [0.29, 0.717) is 6.42 Å². The van der Waals surface area contributed by atoms with Crippen LogP contribution in [0, 0.1) is 17.8 Å². The highest BCUT2D eigenvalue weighted by Gasteiger charge is 2.33. The van der Waals surface area contributed by atoms with Gasteiger partial charge < -0.3 is 20.4 Å². The van der Waals surface area contributed by atoms with E-state index in [1.165, 1.54) is 6.42 Å². The van der Waals surface area contributed by atoms with E-state index >= 15 is 0 Å². The summed E-state index contributed by atoms with van der Waals surface area (Å²) in [5, 5.41) is 36.5. The van der Waals surface area contributed by atoms with Crippen molar-refractivity contribution in [1.82, 2.24) is 0 Å². The summed E-state index contributed by atoms with van der Waals surface area (Å²) in [6, 6.07) is 0. The van der Waals surface area contributed by atoms with Crippen LogP contribution in [0.3, 0.4) is 0 Å². The van der Waals surface area contributed by atoms with Crippen molar-refractivity contribution in [3.63, 3.8) is 0 Å². The van der Waals surface area contributed by atoms with Gasteiger partial charge in [-0.25, -0.2) is 0 Å². The van der Waals surface area contributed by atoms with Gasteiger partial charge in [0.1, 0.15) is 0 Å². The SMILES string of the molecule is CCCCCCCCC=CC(CC(CC(=O)O)C(=O)O)C(CC(=O)O)C(=O)O. The Hall–Kier alpha value is -2.38. The largest absolute Gasteiger partial charge is 0.481 e. The lowest BCUT2D eigenvalue weighted by Crippen LogP contribution is -2.29. The number of aliphatic carboxylic acids is 4. The minimum atomic E-state index is -1.34. The number of carboxylic acids is 4. The molecule has 8 nitrogen and oxygen atoms in total. The van der Waals surface area contributed by atoms with Crippen molar-refractivity contribution in [3.8, 4) is 0 Å². The molecule has 0 bridgehead atoms. The van der Waals surface area contributed by atoms with Crippen LogP contribution in [0.1, 0.15) is 71.1 Å². The molecule has 4 N–H and O–H groups in total. The van der Waals surface area contributed by atoms with Gasteiger partial charge in [0.15, 0.2) is 0 Å². The molecule has 0 heterocycles. The van der Waals surface area contributed by atoms with Crippen LogP contribution in [0.25, 0.3) is 0 Å². The summed E-state index contributed by atoms with van der Waals surface area (Å²) >= 11 is 0. The molecule has 0 spiro atoms. The van der Waals surface area contributed by atoms with Crippen LogP contribution < -0.4 is 0 Å². The van der Waals surface area contributed by atoms with Gasteiger partial charge in [0.05, 0.1) is 24.7 Å². The molecule has 0 aromatic carbocycles. The van der Waals surface area contributed by atoms with Crippen LogP contribution in [0.4, 0.5) is 0 Å². The molecule has 3 atom stereocenters. The fourth-order valence-corrected chi connectivity index (χ4v) is 3.11. The van der Waals surface area contributed by atoms with Gasteiger partial charge >= 0.3 is 23.9 Å². The Labute approximate surface area is 165 Å². The number of allylic oxidation sites excluding steroid dienone is 2. The molecule has 0 aliphatic heterocycles. The van der Waals surface area contributed by atoms with E-state index in [0.717, 1.165) is 32.1 Å². The molecule has 8 heteroatoms. The van der Waals surface area contributed by atoms with Gasteiger partial charge in [-0.3, -0.25) is 19.2 Å². The zero-order valence-corrected chi connectivity index (χ0v) is 16.4. The second-order valence-corrected chi connectivity index (χ2v) is 7.06. The Morgan fingerprint density at radius 2 is 1.36 bits per heavy atom. The fourth-order valence-electron chi connectivity index (χ4n) is 3.11. The molecule has 0 aromatic heterocycles. The van der Waals surface area contributed by atoms with E-state index in [1.807, 2.05) is 0 Å². The second-order valence-electron chi connectivity index (χ2n) is 7.06.